The van der Waals surface area contributed by atoms with E-state index in [1.54, 1.807) is 6.92 Å². The molecule has 0 N–H and O–H groups in total. The molecule has 5 heteroatoms. The van der Waals surface area contributed by atoms with Crippen LogP contribution in [0.15, 0.2) is 53.6 Å². The van der Waals surface area contributed by atoms with Gasteiger partial charge in [0.2, 0.25) is 0 Å². The SMILES string of the molecule is CCc1cccc(CC(=O)C2C(=O)N(c3ccc(OCC4CC4)cc3)N=C2C)c1. The van der Waals surface area contributed by atoms with Crippen molar-refractivity contribution in [1.29, 1.82) is 0 Å². The van der Waals surface area contributed by atoms with Gasteiger partial charge in [0.1, 0.15) is 11.7 Å². The van der Waals surface area contributed by atoms with Crippen molar-refractivity contribution >= 4 is 23.1 Å². The fourth-order valence-electron chi connectivity index (χ4n) is 3.57. The van der Waals surface area contributed by atoms with Crippen LogP contribution >= 0.6 is 0 Å². The Morgan fingerprint density at radius 1 is 1.14 bits per heavy atom. The average Bonchev–Trinajstić information content (AvgIpc) is 3.50. The van der Waals surface area contributed by atoms with Gasteiger partial charge in [0.15, 0.2) is 5.78 Å². The summed E-state index contributed by atoms with van der Waals surface area (Å²) in [4.78, 5) is 25.8. The lowest BCUT2D eigenvalue weighted by Gasteiger charge is -2.15. The molecule has 2 aromatic rings. The second kappa shape index (κ2) is 8.19. The van der Waals surface area contributed by atoms with E-state index in [1.807, 2.05) is 48.5 Å². The van der Waals surface area contributed by atoms with Crippen molar-refractivity contribution in [2.75, 3.05) is 11.6 Å². The van der Waals surface area contributed by atoms with Crippen LogP contribution in [0.1, 0.15) is 37.8 Å². The molecule has 2 aliphatic rings. The minimum absolute atomic E-state index is 0.114. The van der Waals surface area contributed by atoms with Gasteiger partial charge in [-0.15, -0.1) is 0 Å². The Morgan fingerprint density at radius 2 is 1.86 bits per heavy atom. The molecule has 1 amide bonds. The molecule has 0 spiro atoms. The number of aryl methyl sites for hydroxylation is 1. The van der Waals surface area contributed by atoms with E-state index in [0.717, 1.165) is 24.3 Å². The number of amides is 1. The fourth-order valence-corrected chi connectivity index (χ4v) is 3.57. The zero-order valence-electron chi connectivity index (χ0n) is 16.9. The van der Waals surface area contributed by atoms with E-state index in [4.69, 9.17) is 4.74 Å². The van der Waals surface area contributed by atoms with Crippen molar-refractivity contribution in [3.8, 4) is 5.75 Å². The Balaban J connectivity index is 1.43. The molecule has 1 aliphatic carbocycles. The number of hydrogen-bond donors (Lipinski definition) is 0. The number of nitrogens with zero attached hydrogens (tertiary/aromatic N) is 2. The third-order valence-electron chi connectivity index (χ3n) is 5.50. The molecule has 1 atom stereocenters. The molecule has 4 rings (SSSR count). The molecule has 150 valence electrons. The maximum atomic E-state index is 12.9. The van der Waals surface area contributed by atoms with Crippen LogP contribution in [-0.4, -0.2) is 24.0 Å². The summed E-state index contributed by atoms with van der Waals surface area (Å²) in [7, 11) is 0. The van der Waals surface area contributed by atoms with Crippen molar-refractivity contribution in [2.24, 2.45) is 16.9 Å². The topological polar surface area (TPSA) is 59.0 Å². The molecule has 1 fully saturated rings. The number of carbonyl (C=O) groups is 2. The van der Waals surface area contributed by atoms with E-state index in [9.17, 15) is 9.59 Å². The molecule has 0 saturated heterocycles. The van der Waals surface area contributed by atoms with E-state index < -0.39 is 5.92 Å². The number of anilines is 1. The Morgan fingerprint density at radius 3 is 2.55 bits per heavy atom. The van der Waals surface area contributed by atoms with E-state index >= 15 is 0 Å². The van der Waals surface area contributed by atoms with Gasteiger partial charge in [-0.2, -0.15) is 10.1 Å². The van der Waals surface area contributed by atoms with E-state index in [0.29, 0.717) is 17.3 Å². The predicted molar refractivity (Wildman–Crippen MR) is 113 cm³/mol. The van der Waals surface area contributed by atoms with Crippen molar-refractivity contribution in [2.45, 2.75) is 39.5 Å². The van der Waals surface area contributed by atoms with E-state index in [1.165, 1.54) is 23.4 Å². The van der Waals surface area contributed by atoms with Crippen molar-refractivity contribution in [3.63, 3.8) is 0 Å². The fraction of sp³-hybridized carbons (Fsp3) is 0.375. The standard InChI is InChI=1S/C24H26N2O3/c1-3-17-5-4-6-19(13-17)14-22(27)23-16(2)25-26(24(23)28)20-9-11-21(12-10-20)29-15-18-7-8-18/h4-6,9-13,18,23H,3,7-8,14-15H2,1-2H3. The lowest BCUT2D eigenvalue weighted by atomic mass is 9.93. The van der Waals surface area contributed by atoms with Crippen LogP contribution in [-0.2, 0) is 22.4 Å². The number of ether oxygens (including phenoxy) is 1. The minimum Gasteiger partial charge on any atom is -0.493 e. The summed E-state index contributed by atoms with van der Waals surface area (Å²) in [5.74, 6) is 0.261. The first-order chi connectivity index (χ1) is 14.0. The van der Waals surface area contributed by atoms with Crippen LogP contribution in [0, 0.1) is 11.8 Å². The Bertz CT molecular complexity index is 945. The smallest absolute Gasteiger partial charge is 0.263 e. The highest BCUT2D eigenvalue weighted by atomic mass is 16.5. The van der Waals surface area contributed by atoms with Gasteiger partial charge < -0.3 is 4.74 Å². The minimum atomic E-state index is -0.814. The van der Waals surface area contributed by atoms with Crippen molar-refractivity contribution in [1.82, 2.24) is 0 Å². The average molecular weight is 390 g/mol. The first-order valence-corrected chi connectivity index (χ1v) is 10.3. The predicted octanol–water partition coefficient (Wildman–Crippen LogP) is 4.19. The summed E-state index contributed by atoms with van der Waals surface area (Å²) >= 11 is 0. The number of ketones is 1. The Labute approximate surface area is 171 Å². The van der Waals surface area contributed by atoms with Gasteiger partial charge >= 0.3 is 0 Å². The number of rotatable bonds is 8. The molecule has 29 heavy (non-hydrogen) atoms. The van der Waals surface area contributed by atoms with Gasteiger partial charge in [-0.1, -0.05) is 31.2 Å². The molecule has 0 bridgehead atoms. The highest BCUT2D eigenvalue weighted by Gasteiger charge is 2.39. The zero-order valence-corrected chi connectivity index (χ0v) is 16.9. The maximum Gasteiger partial charge on any atom is 0.263 e. The van der Waals surface area contributed by atoms with Crippen LogP contribution < -0.4 is 9.75 Å². The van der Waals surface area contributed by atoms with Crippen molar-refractivity contribution < 1.29 is 14.3 Å². The van der Waals surface area contributed by atoms with Gasteiger partial charge in [-0.25, -0.2) is 0 Å². The molecule has 0 radical (unpaired) electrons. The molecular formula is C24H26N2O3. The second-order valence-electron chi connectivity index (χ2n) is 7.89. The van der Waals surface area contributed by atoms with E-state index in [2.05, 4.69) is 12.0 Å². The lowest BCUT2D eigenvalue weighted by molar-refractivity contribution is -0.128. The summed E-state index contributed by atoms with van der Waals surface area (Å²) in [6.07, 6.45) is 3.64. The summed E-state index contributed by atoms with van der Waals surface area (Å²) in [6.45, 7) is 4.57. The third kappa shape index (κ3) is 4.39. The molecule has 5 nitrogen and oxygen atoms in total. The summed E-state index contributed by atoms with van der Waals surface area (Å²) in [5, 5.41) is 5.71. The van der Waals surface area contributed by atoms with Crippen molar-refractivity contribution in [3.05, 3.63) is 59.7 Å². The summed E-state index contributed by atoms with van der Waals surface area (Å²) in [5.41, 5.74) is 3.31. The number of hydrazone groups is 1. The Hall–Kier alpha value is -2.95. The molecule has 1 heterocycles. The maximum absolute atomic E-state index is 12.9. The van der Waals surface area contributed by atoms with Crippen LogP contribution in [0.3, 0.4) is 0 Å². The highest BCUT2D eigenvalue weighted by Crippen LogP contribution is 2.31. The van der Waals surface area contributed by atoms with Gasteiger partial charge in [0.25, 0.3) is 5.91 Å². The number of benzene rings is 2. The van der Waals surface area contributed by atoms with Crippen LogP contribution in [0.5, 0.6) is 5.75 Å². The first-order valence-electron chi connectivity index (χ1n) is 10.3. The normalized spacial score (nSPS) is 18.7. The largest absolute Gasteiger partial charge is 0.493 e. The summed E-state index contributed by atoms with van der Waals surface area (Å²) < 4.78 is 5.75. The Kier molecular flexibility index (Phi) is 5.47. The number of Topliss-reactive ketones (excluding diaryl/α,β-unsaturated/α-hetero) is 1. The van der Waals surface area contributed by atoms with E-state index in [-0.39, 0.29) is 18.1 Å². The molecule has 0 aromatic heterocycles. The number of carbonyl (C=O) groups excluding carboxylic acids is 2. The van der Waals surface area contributed by atoms with Gasteiger partial charge in [-0.05, 0) is 67.5 Å². The first kappa shape index (κ1) is 19.4. The molecular weight excluding hydrogens is 364 g/mol. The highest BCUT2D eigenvalue weighted by molar-refractivity contribution is 6.27. The lowest BCUT2D eigenvalue weighted by Crippen LogP contribution is -2.33. The van der Waals surface area contributed by atoms with Gasteiger partial charge in [0.05, 0.1) is 18.0 Å². The molecule has 1 aliphatic heterocycles. The van der Waals surface area contributed by atoms with Crippen LogP contribution in [0.2, 0.25) is 0 Å². The number of hydrogen-bond acceptors (Lipinski definition) is 4. The summed E-state index contributed by atoms with van der Waals surface area (Å²) in [6, 6.07) is 15.3. The second-order valence-corrected chi connectivity index (χ2v) is 7.89. The van der Waals surface area contributed by atoms with Gasteiger partial charge in [-0.3, -0.25) is 9.59 Å². The quantitative estimate of drug-likeness (QED) is 0.635. The molecule has 1 saturated carbocycles. The van der Waals surface area contributed by atoms with Crippen LogP contribution in [0.4, 0.5) is 5.69 Å². The third-order valence-corrected chi connectivity index (χ3v) is 5.50. The molecule has 2 aromatic carbocycles. The monoisotopic (exact) mass is 390 g/mol. The van der Waals surface area contributed by atoms with Gasteiger partial charge in [0, 0.05) is 6.42 Å². The molecule has 1 unspecified atom stereocenters. The zero-order chi connectivity index (χ0) is 20.4. The van der Waals surface area contributed by atoms with Crippen LogP contribution in [0.25, 0.3) is 0 Å².